The van der Waals surface area contributed by atoms with Crippen LogP contribution in [0, 0.1) is 11.3 Å². The first-order valence-corrected chi connectivity index (χ1v) is 4.51. The van der Waals surface area contributed by atoms with Crippen LogP contribution in [0.3, 0.4) is 0 Å². The van der Waals surface area contributed by atoms with Crippen molar-refractivity contribution in [1.82, 2.24) is 9.88 Å². The number of hydrogen-bond donors (Lipinski definition) is 0. The second kappa shape index (κ2) is 4.22. The zero-order chi connectivity index (χ0) is 9.80. The van der Waals surface area contributed by atoms with E-state index in [0.29, 0.717) is 19.0 Å². The lowest BCUT2D eigenvalue weighted by Gasteiger charge is -2.28. The van der Waals surface area contributed by atoms with E-state index in [4.69, 9.17) is 14.4 Å². The minimum absolute atomic E-state index is 0.332. The van der Waals surface area contributed by atoms with Crippen molar-refractivity contribution in [3.8, 4) is 6.07 Å². The van der Waals surface area contributed by atoms with Crippen LogP contribution in [0.1, 0.15) is 11.8 Å². The molecule has 1 atom stereocenters. The molecule has 1 fully saturated rings. The second-order valence-corrected chi connectivity index (χ2v) is 3.08. The molecule has 0 bridgehead atoms. The average Bonchev–Trinajstić information content (AvgIpc) is 2.74. The fourth-order valence-corrected chi connectivity index (χ4v) is 1.52. The summed E-state index contributed by atoms with van der Waals surface area (Å²) in [6.07, 6.45) is 2.93. The molecule has 0 saturated carbocycles. The smallest absolute Gasteiger partial charge is 0.180 e. The SMILES string of the molecule is N#CC(c1cnco1)N1CCOCC1. The molecule has 0 radical (unpaired) electrons. The molecule has 1 unspecified atom stereocenters. The summed E-state index contributed by atoms with van der Waals surface area (Å²) >= 11 is 0. The maximum atomic E-state index is 9.03. The van der Waals surface area contributed by atoms with Crippen molar-refractivity contribution in [1.29, 1.82) is 5.26 Å². The molecular weight excluding hydrogens is 182 g/mol. The molecule has 0 amide bonds. The Labute approximate surface area is 81.9 Å². The van der Waals surface area contributed by atoms with Crippen molar-refractivity contribution in [3.05, 3.63) is 18.4 Å². The molecule has 5 heteroatoms. The molecule has 0 aliphatic carbocycles. The molecule has 1 aliphatic rings. The summed E-state index contributed by atoms with van der Waals surface area (Å²) in [6.45, 7) is 2.87. The largest absolute Gasteiger partial charge is 0.446 e. The van der Waals surface area contributed by atoms with E-state index in [1.54, 1.807) is 6.20 Å². The maximum absolute atomic E-state index is 9.03. The van der Waals surface area contributed by atoms with Crippen molar-refractivity contribution in [2.45, 2.75) is 6.04 Å². The predicted octanol–water partition coefficient (Wildman–Crippen LogP) is 0.571. The second-order valence-electron chi connectivity index (χ2n) is 3.08. The van der Waals surface area contributed by atoms with E-state index >= 15 is 0 Å². The third kappa shape index (κ3) is 1.76. The Morgan fingerprint density at radius 1 is 1.50 bits per heavy atom. The van der Waals surface area contributed by atoms with Crippen LogP contribution in [0.15, 0.2) is 17.0 Å². The maximum Gasteiger partial charge on any atom is 0.180 e. The predicted molar refractivity (Wildman–Crippen MR) is 47.2 cm³/mol. The number of hydrogen-bond acceptors (Lipinski definition) is 5. The van der Waals surface area contributed by atoms with Crippen molar-refractivity contribution < 1.29 is 9.15 Å². The molecule has 1 aromatic heterocycles. The van der Waals surface area contributed by atoms with Crippen LogP contribution in [-0.2, 0) is 4.74 Å². The highest BCUT2D eigenvalue weighted by Crippen LogP contribution is 2.19. The van der Waals surface area contributed by atoms with Gasteiger partial charge >= 0.3 is 0 Å². The molecule has 14 heavy (non-hydrogen) atoms. The lowest BCUT2D eigenvalue weighted by Crippen LogP contribution is -2.38. The van der Waals surface area contributed by atoms with Gasteiger partial charge in [0, 0.05) is 13.1 Å². The molecule has 74 valence electrons. The van der Waals surface area contributed by atoms with E-state index in [0.717, 1.165) is 13.1 Å². The number of ether oxygens (including phenoxy) is 1. The van der Waals surface area contributed by atoms with Gasteiger partial charge in [-0.1, -0.05) is 0 Å². The first-order chi connectivity index (χ1) is 6.92. The summed E-state index contributed by atoms with van der Waals surface area (Å²) in [4.78, 5) is 5.84. The van der Waals surface area contributed by atoms with Gasteiger partial charge in [0.05, 0.1) is 25.5 Å². The number of aromatic nitrogens is 1. The Hall–Kier alpha value is -1.38. The van der Waals surface area contributed by atoms with Crippen molar-refractivity contribution in [2.75, 3.05) is 26.3 Å². The Bertz CT molecular complexity index is 311. The van der Waals surface area contributed by atoms with Crippen LogP contribution in [0.4, 0.5) is 0 Å². The molecule has 0 N–H and O–H groups in total. The monoisotopic (exact) mass is 193 g/mol. The van der Waals surface area contributed by atoms with E-state index in [-0.39, 0.29) is 6.04 Å². The van der Waals surface area contributed by atoms with Crippen LogP contribution in [0.5, 0.6) is 0 Å². The highest BCUT2D eigenvalue weighted by molar-refractivity contribution is 5.09. The molecule has 1 saturated heterocycles. The van der Waals surface area contributed by atoms with Gasteiger partial charge in [-0.25, -0.2) is 4.98 Å². The zero-order valence-corrected chi connectivity index (χ0v) is 7.72. The lowest BCUT2D eigenvalue weighted by atomic mass is 10.2. The van der Waals surface area contributed by atoms with Crippen LogP contribution in [-0.4, -0.2) is 36.2 Å². The minimum atomic E-state index is -0.332. The van der Waals surface area contributed by atoms with Crippen molar-refractivity contribution in [3.63, 3.8) is 0 Å². The van der Waals surface area contributed by atoms with Crippen LogP contribution < -0.4 is 0 Å². The zero-order valence-electron chi connectivity index (χ0n) is 7.72. The Balaban J connectivity index is 2.09. The Morgan fingerprint density at radius 2 is 2.29 bits per heavy atom. The summed E-state index contributed by atoms with van der Waals surface area (Å²) in [5, 5.41) is 9.03. The minimum Gasteiger partial charge on any atom is -0.446 e. The van der Waals surface area contributed by atoms with Gasteiger partial charge in [-0.3, -0.25) is 4.90 Å². The quantitative estimate of drug-likeness (QED) is 0.687. The molecule has 0 spiro atoms. The van der Waals surface area contributed by atoms with Crippen molar-refractivity contribution >= 4 is 0 Å². The number of nitrogens with zero attached hydrogens (tertiary/aromatic N) is 3. The Morgan fingerprint density at radius 3 is 2.86 bits per heavy atom. The van der Waals surface area contributed by atoms with Gasteiger partial charge in [-0.15, -0.1) is 0 Å². The molecule has 5 nitrogen and oxygen atoms in total. The van der Waals surface area contributed by atoms with Gasteiger partial charge in [0.1, 0.15) is 0 Å². The van der Waals surface area contributed by atoms with Gasteiger partial charge < -0.3 is 9.15 Å². The summed E-state index contributed by atoms with van der Waals surface area (Å²) in [7, 11) is 0. The topological polar surface area (TPSA) is 62.3 Å². The van der Waals surface area contributed by atoms with Crippen LogP contribution in [0.2, 0.25) is 0 Å². The van der Waals surface area contributed by atoms with Crippen LogP contribution in [0.25, 0.3) is 0 Å². The summed E-state index contributed by atoms with van der Waals surface area (Å²) in [5.41, 5.74) is 0. The fourth-order valence-electron chi connectivity index (χ4n) is 1.52. The third-order valence-electron chi connectivity index (χ3n) is 2.25. The Kier molecular flexibility index (Phi) is 2.77. The van der Waals surface area contributed by atoms with E-state index in [9.17, 15) is 0 Å². The van der Waals surface area contributed by atoms with E-state index < -0.39 is 0 Å². The lowest BCUT2D eigenvalue weighted by molar-refractivity contribution is 0.0231. The van der Waals surface area contributed by atoms with Gasteiger partial charge in [-0.05, 0) is 0 Å². The van der Waals surface area contributed by atoms with Gasteiger partial charge in [0.25, 0.3) is 0 Å². The van der Waals surface area contributed by atoms with Gasteiger partial charge in [0.15, 0.2) is 18.2 Å². The third-order valence-corrected chi connectivity index (χ3v) is 2.25. The highest BCUT2D eigenvalue weighted by Gasteiger charge is 2.24. The molecule has 1 aromatic rings. The molecule has 0 aromatic carbocycles. The first kappa shape index (κ1) is 9.19. The number of morpholine rings is 1. The van der Waals surface area contributed by atoms with Crippen molar-refractivity contribution in [2.24, 2.45) is 0 Å². The summed E-state index contributed by atoms with van der Waals surface area (Å²) in [5.74, 6) is 0.606. The summed E-state index contributed by atoms with van der Waals surface area (Å²) in [6, 6.07) is 1.88. The highest BCUT2D eigenvalue weighted by atomic mass is 16.5. The van der Waals surface area contributed by atoms with E-state index in [1.165, 1.54) is 6.39 Å². The average molecular weight is 193 g/mol. The normalized spacial score (nSPS) is 20.2. The number of nitriles is 1. The van der Waals surface area contributed by atoms with E-state index in [2.05, 4.69) is 11.1 Å². The molecule has 1 aliphatic heterocycles. The molecule has 2 heterocycles. The van der Waals surface area contributed by atoms with E-state index in [1.807, 2.05) is 4.90 Å². The fraction of sp³-hybridized carbons (Fsp3) is 0.556. The van der Waals surface area contributed by atoms with Gasteiger partial charge in [0.2, 0.25) is 0 Å². The summed E-state index contributed by atoms with van der Waals surface area (Å²) < 4.78 is 10.3. The van der Waals surface area contributed by atoms with Gasteiger partial charge in [-0.2, -0.15) is 5.26 Å². The molecular formula is C9H11N3O2. The number of rotatable bonds is 2. The van der Waals surface area contributed by atoms with Crippen LogP contribution >= 0.6 is 0 Å². The molecule has 2 rings (SSSR count). The standard InChI is InChI=1S/C9H11N3O2/c10-5-8(9-6-11-7-14-9)12-1-3-13-4-2-12/h6-8H,1-4H2. The first-order valence-electron chi connectivity index (χ1n) is 4.51. The number of oxazole rings is 1.